The topological polar surface area (TPSA) is 19.0 Å². The monoisotopic (exact) mass is 292 g/mol. The van der Waals surface area contributed by atoms with Crippen molar-refractivity contribution in [3.05, 3.63) is 47.7 Å². The molecule has 1 saturated heterocycles. The van der Waals surface area contributed by atoms with Gasteiger partial charge in [0.25, 0.3) is 0 Å². The molecule has 5 rings (SSSR count). The molecule has 0 radical (unpaired) electrons. The van der Waals surface area contributed by atoms with Crippen LogP contribution in [-0.4, -0.2) is 23.0 Å². The third kappa shape index (κ3) is 1.40. The Labute approximate surface area is 132 Å². The summed E-state index contributed by atoms with van der Waals surface area (Å²) in [7, 11) is 0. The molecule has 1 N–H and O–H groups in total. The predicted molar refractivity (Wildman–Crippen MR) is 90.9 cm³/mol. The Hall–Kier alpha value is -1.54. The van der Waals surface area contributed by atoms with Crippen molar-refractivity contribution in [2.75, 3.05) is 13.1 Å². The lowest BCUT2D eigenvalue weighted by atomic mass is 9.58. The van der Waals surface area contributed by atoms with Gasteiger partial charge in [-0.1, -0.05) is 44.2 Å². The van der Waals surface area contributed by atoms with E-state index in [2.05, 4.69) is 60.1 Å². The van der Waals surface area contributed by atoms with E-state index in [1.807, 2.05) is 0 Å². The van der Waals surface area contributed by atoms with E-state index in [1.165, 1.54) is 48.9 Å². The lowest BCUT2D eigenvalue weighted by Crippen LogP contribution is -2.40. The number of fused-ring (bicyclic) bond motifs is 7. The molecular weight excluding hydrogens is 268 g/mol. The molecule has 22 heavy (non-hydrogen) atoms. The van der Waals surface area contributed by atoms with Gasteiger partial charge in [-0.2, -0.15) is 0 Å². The standard InChI is InChI=1S/C20H24N2/c1-19-10-5-6-11-20(19,2)18-17-15(9-12-22(18)13-19)14-7-3-4-8-16(14)21-17/h3-8,18,21H,9-13H2,1-2H3. The summed E-state index contributed by atoms with van der Waals surface area (Å²) in [5, 5.41) is 1.45. The number of H-pyrrole nitrogens is 1. The van der Waals surface area contributed by atoms with Crippen molar-refractivity contribution in [1.29, 1.82) is 0 Å². The molecule has 0 saturated carbocycles. The van der Waals surface area contributed by atoms with E-state index in [9.17, 15) is 0 Å². The first-order valence-corrected chi connectivity index (χ1v) is 8.61. The van der Waals surface area contributed by atoms with Crippen molar-refractivity contribution in [2.24, 2.45) is 10.8 Å². The predicted octanol–water partition coefficient (Wildman–Crippen LogP) is 4.44. The summed E-state index contributed by atoms with van der Waals surface area (Å²) < 4.78 is 0. The van der Waals surface area contributed by atoms with Gasteiger partial charge in [-0.05, 0) is 41.7 Å². The fraction of sp³-hybridized carbons (Fsp3) is 0.500. The van der Waals surface area contributed by atoms with Crippen molar-refractivity contribution in [3.8, 4) is 0 Å². The molecule has 1 aromatic heterocycles. The van der Waals surface area contributed by atoms with Crippen LogP contribution >= 0.6 is 0 Å². The number of aromatic amines is 1. The molecule has 1 aliphatic carbocycles. The van der Waals surface area contributed by atoms with E-state index >= 15 is 0 Å². The second-order valence-electron chi connectivity index (χ2n) is 8.04. The third-order valence-corrected chi connectivity index (χ3v) is 6.95. The number of hydrogen-bond acceptors (Lipinski definition) is 1. The number of aromatic nitrogens is 1. The number of benzene rings is 1. The van der Waals surface area contributed by atoms with Crippen LogP contribution in [0.5, 0.6) is 0 Å². The van der Waals surface area contributed by atoms with Crippen molar-refractivity contribution >= 4 is 10.9 Å². The van der Waals surface area contributed by atoms with E-state index in [4.69, 9.17) is 0 Å². The van der Waals surface area contributed by atoms with Crippen LogP contribution in [0.4, 0.5) is 0 Å². The molecular formula is C20H24N2. The maximum Gasteiger partial charge on any atom is 0.0564 e. The number of rotatable bonds is 0. The molecule has 3 heterocycles. The molecule has 0 spiro atoms. The van der Waals surface area contributed by atoms with Crippen molar-refractivity contribution in [3.63, 3.8) is 0 Å². The average molecular weight is 292 g/mol. The molecule has 3 atom stereocenters. The summed E-state index contributed by atoms with van der Waals surface area (Å²) in [5.41, 5.74) is 5.16. The van der Waals surface area contributed by atoms with Gasteiger partial charge in [0.05, 0.1) is 6.04 Å². The van der Waals surface area contributed by atoms with Crippen molar-refractivity contribution in [2.45, 2.75) is 39.2 Å². The number of allylic oxidation sites excluding steroid dienone is 2. The first kappa shape index (κ1) is 13.0. The zero-order chi connectivity index (χ0) is 14.9. The fourth-order valence-electron chi connectivity index (χ4n) is 5.47. The quantitative estimate of drug-likeness (QED) is 0.711. The SMILES string of the molecule is CC12CC=CCC1(C)C1c3[nH]c4ccccc4c3CCN1C2. The highest BCUT2D eigenvalue weighted by Gasteiger charge is 2.59. The number of nitrogens with one attached hydrogen (secondary N) is 1. The summed E-state index contributed by atoms with van der Waals surface area (Å²) in [5.74, 6) is 0. The Kier molecular flexibility index (Phi) is 2.38. The van der Waals surface area contributed by atoms with Crippen LogP contribution < -0.4 is 0 Å². The van der Waals surface area contributed by atoms with Gasteiger partial charge in [0.2, 0.25) is 0 Å². The van der Waals surface area contributed by atoms with Gasteiger partial charge in [0, 0.05) is 29.7 Å². The highest BCUT2D eigenvalue weighted by Crippen LogP contribution is 2.63. The van der Waals surface area contributed by atoms with E-state index in [0.29, 0.717) is 16.9 Å². The van der Waals surface area contributed by atoms with E-state index in [0.717, 1.165) is 0 Å². The Bertz CT molecular complexity index is 786. The largest absolute Gasteiger partial charge is 0.357 e. The Morgan fingerprint density at radius 1 is 1.14 bits per heavy atom. The Balaban J connectivity index is 1.74. The number of hydrogen-bond donors (Lipinski definition) is 1. The van der Waals surface area contributed by atoms with Gasteiger partial charge in [0.15, 0.2) is 0 Å². The smallest absolute Gasteiger partial charge is 0.0564 e. The van der Waals surface area contributed by atoms with Crippen LogP contribution in [0.1, 0.15) is 44.0 Å². The number of nitrogens with zero attached hydrogens (tertiary/aromatic N) is 1. The molecule has 1 aromatic carbocycles. The van der Waals surface area contributed by atoms with E-state index in [-0.39, 0.29) is 0 Å². The lowest BCUT2D eigenvalue weighted by Gasteiger charge is -2.46. The van der Waals surface area contributed by atoms with Gasteiger partial charge in [0.1, 0.15) is 0 Å². The van der Waals surface area contributed by atoms with Crippen LogP contribution in [0, 0.1) is 10.8 Å². The molecule has 2 nitrogen and oxygen atoms in total. The van der Waals surface area contributed by atoms with Crippen molar-refractivity contribution in [1.82, 2.24) is 9.88 Å². The van der Waals surface area contributed by atoms with Gasteiger partial charge < -0.3 is 4.98 Å². The van der Waals surface area contributed by atoms with Crippen LogP contribution in [0.15, 0.2) is 36.4 Å². The molecule has 2 heteroatoms. The van der Waals surface area contributed by atoms with Crippen LogP contribution in [0.2, 0.25) is 0 Å². The van der Waals surface area contributed by atoms with Crippen LogP contribution in [0.3, 0.4) is 0 Å². The minimum Gasteiger partial charge on any atom is -0.357 e. The lowest BCUT2D eigenvalue weighted by molar-refractivity contribution is 0.0856. The zero-order valence-corrected chi connectivity index (χ0v) is 13.5. The maximum absolute atomic E-state index is 3.80. The molecule has 1 fully saturated rings. The van der Waals surface area contributed by atoms with Gasteiger partial charge in [-0.3, -0.25) is 4.90 Å². The average Bonchev–Trinajstić information content (AvgIpc) is 2.99. The van der Waals surface area contributed by atoms with Crippen molar-refractivity contribution < 1.29 is 0 Å². The van der Waals surface area contributed by atoms with Crippen LogP contribution in [-0.2, 0) is 6.42 Å². The normalized spacial score (nSPS) is 37.1. The molecule has 3 unspecified atom stereocenters. The highest BCUT2D eigenvalue weighted by atomic mass is 15.2. The molecule has 0 bridgehead atoms. The minimum absolute atomic E-state index is 0.345. The second kappa shape index (κ2) is 4.05. The van der Waals surface area contributed by atoms with Gasteiger partial charge in [-0.15, -0.1) is 0 Å². The molecule has 3 aliphatic rings. The maximum atomic E-state index is 3.80. The summed E-state index contributed by atoms with van der Waals surface area (Å²) in [4.78, 5) is 6.55. The minimum atomic E-state index is 0.345. The number of para-hydroxylation sites is 1. The summed E-state index contributed by atoms with van der Waals surface area (Å²) in [6, 6.07) is 9.39. The second-order valence-corrected chi connectivity index (χ2v) is 8.04. The molecule has 0 amide bonds. The van der Waals surface area contributed by atoms with Gasteiger partial charge in [-0.25, -0.2) is 0 Å². The Morgan fingerprint density at radius 3 is 2.86 bits per heavy atom. The van der Waals surface area contributed by atoms with Gasteiger partial charge >= 0.3 is 0 Å². The zero-order valence-electron chi connectivity index (χ0n) is 13.5. The highest BCUT2D eigenvalue weighted by molar-refractivity contribution is 5.85. The summed E-state index contributed by atoms with van der Waals surface area (Å²) in [6.07, 6.45) is 8.45. The molecule has 114 valence electrons. The fourth-order valence-corrected chi connectivity index (χ4v) is 5.47. The first-order valence-electron chi connectivity index (χ1n) is 8.61. The van der Waals surface area contributed by atoms with E-state index < -0.39 is 0 Å². The first-order chi connectivity index (χ1) is 10.6. The van der Waals surface area contributed by atoms with E-state index in [1.54, 1.807) is 5.56 Å². The Morgan fingerprint density at radius 2 is 1.95 bits per heavy atom. The summed E-state index contributed by atoms with van der Waals surface area (Å²) >= 11 is 0. The molecule has 2 aliphatic heterocycles. The molecule has 2 aromatic rings. The summed E-state index contributed by atoms with van der Waals surface area (Å²) in [6.45, 7) is 7.50. The van der Waals surface area contributed by atoms with Crippen LogP contribution in [0.25, 0.3) is 10.9 Å². The third-order valence-electron chi connectivity index (χ3n) is 6.95.